The fourth-order valence-corrected chi connectivity index (χ4v) is 0.941. The first-order valence-electron chi connectivity index (χ1n) is 3.12. The molecule has 0 fully saturated rings. The molecule has 0 atom stereocenters. The van der Waals surface area contributed by atoms with Gasteiger partial charge in [-0.25, -0.2) is 0 Å². The minimum absolute atomic E-state index is 0.132. The van der Waals surface area contributed by atoms with Crippen LogP contribution in [-0.4, -0.2) is 16.0 Å². The normalized spacial score (nSPS) is 9.18. The number of aromatic amines is 1. The molecule has 0 aromatic carbocycles. The number of carbonyl (C=O) groups excluding carboxylic acids is 1. The van der Waals surface area contributed by atoms with Crippen molar-refractivity contribution in [2.45, 2.75) is 13.8 Å². The highest BCUT2D eigenvalue weighted by Gasteiger charge is 2.12. The number of nitrogens with zero attached hydrogens (tertiary/aromatic N) is 2. The Kier molecular flexibility index (Phi) is 1.73. The molecular weight excluding hydrogens is 142 g/mol. The van der Waals surface area contributed by atoms with Crippen LogP contribution in [0.25, 0.3) is 0 Å². The number of H-pyrrole nitrogens is 1. The molecule has 1 heterocycles. The number of hydrogen-bond acceptors (Lipinski definition) is 3. The molecule has 0 aliphatic carbocycles. The van der Waals surface area contributed by atoms with Crippen molar-refractivity contribution < 1.29 is 4.79 Å². The van der Waals surface area contributed by atoms with Crippen molar-refractivity contribution >= 4 is 5.78 Å². The number of nitriles is 1. The van der Waals surface area contributed by atoms with Gasteiger partial charge in [-0.15, -0.1) is 0 Å². The van der Waals surface area contributed by atoms with E-state index < -0.39 is 0 Å². The van der Waals surface area contributed by atoms with E-state index in [0.29, 0.717) is 11.3 Å². The molecule has 4 nitrogen and oxygen atoms in total. The third-order valence-electron chi connectivity index (χ3n) is 1.41. The molecule has 0 bridgehead atoms. The molecule has 1 aromatic heterocycles. The van der Waals surface area contributed by atoms with E-state index in [0.717, 1.165) is 0 Å². The molecule has 4 heteroatoms. The molecular formula is C7H7N3O. The van der Waals surface area contributed by atoms with Crippen LogP contribution in [0.1, 0.15) is 28.7 Å². The molecule has 0 spiro atoms. The van der Waals surface area contributed by atoms with Gasteiger partial charge in [-0.1, -0.05) is 0 Å². The van der Waals surface area contributed by atoms with Crippen LogP contribution >= 0.6 is 0 Å². The smallest absolute Gasteiger partial charge is 0.173 e. The summed E-state index contributed by atoms with van der Waals surface area (Å²) in [5, 5.41) is 14.7. The lowest BCUT2D eigenvalue weighted by molar-refractivity contribution is 0.101. The Morgan fingerprint density at radius 1 is 1.73 bits per heavy atom. The van der Waals surface area contributed by atoms with E-state index in [1.807, 2.05) is 6.07 Å². The highest BCUT2D eigenvalue weighted by molar-refractivity contribution is 5.97. The Morgan fingerprint density at radius 2 is 2.36 bits per heavy atom. The van der Waals surface area contributed by atoms with Crippen LogP contribution < -0.4 is 0 Å². The highest BCUT2D eigenvalue weighted by Crippen LogP contribution is 2.09. The van der Waals surface area contributed by atoms with Gasteiger partial charge < -0.3 is 0 Å². The first-order chi connectivity index (χ1) is 5.16. The summed E-state index contributed by atoms with van der Waals surface area (Å²) in [6.45, 7) is 3.13. The molecule has 1 aromatic rings. The average molecular weight is 149 g/mol. The van der Waals surface area contributed by atoms with Crippen LogP contribution in [0.4, 0.5) is 0 Å². The SMILES string of the molecule is CC(=O)c1c(C#N)n[nH]c1C. The van der Waals surface area contributed by atoms with Gasteiger partial charge >= 0.3 is 0 Å². The number of aryl methyl sites for hydroxylation is 1. The van der Waals surface area contributed by atoms with Crippen molar-refractivity contribution in [3.8, 4) is 6.07 Å². The number of rotatable bonds is 1. The number of ketones is 1. The summed E-state index contributed by atoms with van der Waals surface area (Å²) in [5.41, 5.74) is 1.22. The Morgan fingerprint density at radius 3 is 2.73 bits per heavy atom. The van der Waals surface area contributed by atoms with E-state index in [2.05, 4.69) is 10.2 Å². The van der Waals surface area contributed by atoms with E-state index in [1.165, 1.54) is 6.92 Å². The van der Waals surface area contributed by atoms with E-state index >= 15 is 0 Å². The van der Waals surface area contributed by atoms with E-state index in [-0.39, 0.29) is 11.5 Å². The average Bonchev–Trinajstić information content (AvgIpc) is 2.30. The minimum atomic E-state index is -0.132. The quantitative estimate of drug-likeness (QED) is 0.600. The van der Waals surface area contributed by atoms with Crippen molar-refractivity contribution in [3.63, 3.8) is 0 Å². The lowest BCUT2D eigenvalue weighted by atomic mass is 10.1. The summed E-state index contributed by atoms with van der Waals surface area (Å²) in [4.78, 5) is 10.9. The number of Topliss-reactive ketones (excluding diaryl/α,β-unsaturated/α-hetero) is 1. The van der Waals surface area contributed by atoms with Gasteiger partial charge in [0.05, 0.1) is 5.56 Å². The van der Waals surface area contributed by atoms with E-state index in [4.69, 9.17) is 5.26 Å². The molecule has 0 aliphatic rings. The van der Waals surface area contributed by atoms with E-state index in [1.54, 1.807) is 6.92 Å². The second-order valence-electron chi connectivity index (χ2n) is 2.24. The van der Waals surface area contributed by atoms with Gasteiger partial charge in [-0.3, -0.25) is 9.89 Å². The fraction of sp³-hybridized carbons (Fsp3) is 0.286. The maximum absolute atomic E-state index is 10.9. The van der Waals surface area contributed by atoms with Gasteiger partial charge in [0.1, 0.15) is 6.07 Å². The minimum Gasteiger partial charge on any atom is -0.294 e. The summed E-state index contributed by atoms with van der Waals surface area (Å²) in [5.74, 6) is -0.132. The number of hydrogen-bond donors (Lipinski definition) is 1. The standard InChI is InChI=1S/C7H7N3O/c1-4-7(5(2)11)6(3-8)10-9-4/h1-2H3,(H,9,10). The monoisotopic (exact) mass is 149 g/mol. The lowest BCUT2D eigenvalue weighted by Gasteiger charge is -1.89. The van der Waals surface area contributed by atoms with Crippen molar-refractivity contribution in [1.29, 1.82) is 5.26 Å². The second kappa shape index (κ2) is 2.54. The van der Waals surface area contributed by atoms with Gasteiger partial charge in [0.25, 0.3) is 0 Å². The van der Waals surface area contributed by atoms with Crippen molar-refractivity contribution in [2.24, 2.45) is 0 Å². The summed E-state index contributed by atoms with van der Waals surface area (Å²) in [6, 6.07) is 1.83. The molecule has 11 heavy (non-hydrogen) atoms. The summed E-state index contributed by atoms with van der Waals surface area (Å²) in [6.07, 6.45) is 0. The Labute approximate surface area is 63.8 Å². The third kappa shape index (κ3) is 1.13. The molecule has 0 saturated heterocycles. The van der Waals surface area contributed by atoms with Crippen LogP contribution in [0, 0.1) is 18.3 Å². The van der Waals surface area contributed by atoms with Crippen LogP contribution in [0.3, 0.4) is 0 Å². The molecule has 0 amide bonds. The summed E-state index contributed by atoms with van der Waals surface area (Å²) >= 11 is 0. The summed E-state index contributed by atoms with van der Waals surface area (Å²) in [7, 11) is 0. The van der Waals surface area contributed by atoms with Crippen molar-refractivity contribution in [1.82, 2.24) is 10.2 Å². The van der Waals surface area contributed by atoms with Gasteiger partial charge in [-0.05, 0) is 13.8 Å². The Hall–Kier alpha value is -1.63. The van der Waals surface area contributed by atoms with Crippen LogP contribution in [-0.2, 0) is 0 Å². The zero-order valence-corrected chi connectivity index (χ0v) is 6.30. The van der Waals surface area contributed by atoms with Gasteiger partial charge in [0.15, 0.2) is 11.5 Å². The first kappa shape index (κ1) is 7.48. The van der Waals surface area contributed by atoms with Gasteiger partial charge in [0, 0.05) is 5.69 Å². The zero-order valence-electron chi connectivity index (χ0n) is 6.30. The predicted molar refractivity (Wildman–Crippen MR) is 38.0 cm³/mol. The number of nitrogens with one attached hydrogen (secondary N) is 1. The number of aromatic nitrogens is 2. The van der Waals surface area contributed by atoms with Crippen molar-refractivity contribution in [3.05, 3.63) is 17.0 Å². The molecule has 0 saturated carbocycles. The summed E-state index contributed by atoms with van der Waals surface area (Å²) < 4.78 is 0. The first-order valence-corrected chi connectivity index (χ1v) is 3.12. The maximum atomic E-state index is 10.9. The molecule has 56 valence electrons. The fourth-order valence-electron chi connectivity index (χ4n) is 0.941. The topological polar surface area (TPSA) is 69.5 Å². The van der Waals surface area contributed by atoms with Crippen molar-refractivity contribution in [2.75, 3.05) is 0 Å². The van der Waals surface area contributed by atoms with Crippen LogP contribution in [0.5, 0.6) is 0 Å². The molecule has 1 N–H and O–H groups in total. The van der Waals surface area contributed by atoms with Gasteiger partial charge in [0.2, 0.25) is 0 Å². The third-order valence-corrected chi connectivity index (χ3v) is 1.41. The van der Waals surface area contributed by atoms with Gasteiger partial charge in [-0.2, -0.15) is 10.4 Å². The Bertz CT molecular complexity index is 332. The Balaban J connectivity index is 3.32. The molecule has 0 radical (unpaired) electrons. The second-order valence-corrected chi connectivity index (χ2v) is 2.24. The lowest BCUT2D eigenvalue weighted by Crippen LogP contribution is -1.95. The van der Waals surface area contributed by atoms with Crippen LogP contribution in [0.2, 0.25) is 0 Å². The molecule has 0 aliphatic heterocycles. The highest BCUT2D eigenvalue weighted by atomic mass is 16.1. The molecule has 1 rings (SSSR count). The number of carbonyl (C=O) groups is 1. The maximum Gasteiger partial charge on any atom is 0.173 e. The van der Waals surface area contributed by atoms with E-state index in [9.17, 15) is 4.79 Å². The van der Waals surface area contributed by atoms with Crippen LogP contribution in [0.15, 0.2) is 0 Å². The predicted octanol–water partition coefficient (Wildman–Crippen LogP) is 0.792. The molecule has 0 unspecified atom stereocenters. The largest absolute Gasteiger partial charge is 0.294 e. The zero-order chi connectivity index (χ0) is 8.43.